The molecule has 0 bridgehead atoms. The zero-order chi connectivity index (χ0) is 20.5. The van der Waals surface area contributed by atoms with Gasteiger partial charge in [0, 0.05) is 42.8 Å². The van der Waals surface area contributed by atoms with Crippen LogP contribution in [0.25, 0.3) is 11.0 Å². The van der Waals surface area contributed by atoms with Crippen molar-refractivity contribution >= 4 is 34.2 Å². The van der Waals surface area contributed by atoms with Gasteiger partial charge in [0.2, 0.25) is 11.3 Å². The van der Waals surface area contributed by atoms with Crippen molar-refractivity contribution in [2.24, 2.45) is 0 Å². The first kappa shape index (κ1) is 18.9. The number of hydrogen-bond donors (Lipinski definition) is 1. The Morgan fingerprint density at radius 2 is 2.03 bits per heavy atom. The molecule has 1 fully saturated rings. The van der Waals surface area contributed by atoms with Crippen molar-refractivity contribution in [3.8, 4) is 0 Å². The summed E-state index contributed by atoms with van der Waals surface area (Å²) in [5.74, 6) is -0.402. The number of pyridine rings is 2. The second kappa shape index (κ2) is 7.50. The average molecular weight is 390 g/mol. The molecule has 29 heavy (non-hydrogen) atoms. The summed E-state index contributed by atoms with van der Waals surface area (Å²) in [6.07, 6.45) is 2.93. The van der Waals surface area contributed by atoms with Gasteiger partial charge in [-0.05, 0) is 50.6 Å². The van der Waals surface area contributed by atoms with Gasteiger partial charge in [0.25, 0.3) is 5.91 Å². The van der Waals surface area contributed by atoms with Crippen LogP contribution in [0.2, 0.25) is 0 Å². The maximum absolute atomic E-state index is 12.9. The normalized spacial score (nSPS) is 13.9. The van der Waals surface area contributed by atoms with Crippen LogP contribution in [0.3, 0.4) is 0 Å². The number of rotatable bonds is 4. The summed E-state index contributed by atoms with van der Waals surface area (Å²) in [5, 5.41) is 3.21. The Morgan fingerprint density at radius 1 is 1.21 bits per heavy atom. The quantitative estimate of drug-likeness (QED) is 0.742. The minimum atomic E-state index is -0.482. The first-order valence-electron chi connectivity index (χ1n) is 9.70. The highest BCUT2D eigenvalue weighted by Crippen LogP contribution is 2.24. The van der Waals surface area contributed by atoms with Crippen LogP contribution in [-0.4, -0.2) is 27.9 Å². The number of amides is 2. The molecular formula is C22H22N4O3. The lowest BCUT2D eigenvalue weighted by Gasteiger charge is -2.17. The molecule has 4 rings (SSSR count). The van der Waals surface area contributed by atoms with Crippen LogP contribution in [0.4, 0.5) is 11.4 Å². The standard InChI is InChI=1S/C22H22N4O3/c1-3-25-13-18(20(28)17-10-9-14(2)23-21(17)25)22(29)24-15-6-4-7-16(12-15)26-11-5-8-19(26)27/h4,6-7,9-10,12-13H,3,5,8,11H2,1-2H3,(H,24,29). The Kier molecular flexibility index (Phi) is 4.88. The molecule has 148 valence electrons. The molecule has 0 spiro atoms. The van der Waals surface area contributed by atoms with Gasteiger partial charge in [0.15, 0.2) is 0 Å². The summed E-state index contributed by atoms with van der Waals surface area (Å²) in [7, 11) is 0. The largest absolute Gasteiger partial charge is 0.332 e. The Morgan fingerprint density at radius 3 is 2.76 bits per heavy atom. The molecule has 7 nitrogen and oxygen atoms in total. The number of fused-ring (bicyclic) bond motifs is 1. The third-order valence-corrected chi connectivity index (χ3v) is 5.14. The molecule has 3 aromatic rings. The molecule has 1 aliphatic rings. The predicted octanol–water partition coefficient (Wildman–Crippen LogP) is 3.10. The number of benzene rings is 1. The maximum Gasteiger partial charge on any atom is 0.261 e. The summed E-state index contributed by atoms with van der Waals surface area (Å²) >= 11 is 0. The third-order valence-electron chi connectivity index (χ3n) is 5.14. The second-order valence-corrected chi connectivity index (χ2v) is 7.14. The van der Waals surface area contributed by atoms with Gasteiger partial charge in [-0.1, -0.05) is 6.07 Å². The van der Waals surface area contributed by atoms with Crippen molar-refractivity contribution in [2.45, 2.75) is 33.2 Å². The molecule has 0 saturated carbocycles. The fraction of sp³-hybridized carbons (Fsp3) is 0.273. The Hall–Kier alpha value is -3.48. The lowest BCUT2D eigenvalue weighted by atomic mass is 10.1. The van der Waals surface area contributed by atoms with Gasteiger partial charge < -0.3 is 14.8 Å². The first-order chi connectivity index (χ1) is 14.0. The summed E-state index contributed by atoms with van der Waals surface area (Å²) in [5.41, 5.74) is 2.38. The van der Waals surface area contributed by atoms with Crippen LogP contribution >= 0.6 is 0 Å². The van der Waals surface area contributed by atoms with E-state index in [1.54, 1.807) is 46.0 Å². The summed E-state index contributed by atoms with van der Waals surface area (Å²) < 4.78 is 1.80. The van der Waals surface area contributed by atoms with Gasteiger partial charge in [0.05, 0.1) is 5.39 Å². The number of aromatic nitrogens is 2. The van der Waals surface area contributed by atoms with Gasteiger partial charge in [0.1, 0.15) is 11.2 Å². The van der Waals surface area contributed by atoms with Crippen molar-refractivity contribution in [2.75, 3.05) is 16.8 Å². The molecule has 1 aliphatic heterocycles. The minimum absolute atomic E-state index is 0.0626. The highest BCUT2D eigenvalue weighted by atomic mass is 16.2. The number of nitrogens with zero attached hydrogens (tertiary/aromatic N) is 3. The van der Waals surface area contributed by atoms with Gasteiger partial charge >= 0.3 is 0 Å². The zero-order valence-electron chi connectivity index (χ0n) is 16.4. The van der Waals surface area contributed by atoms with Gasteiger partial charge in [-0.15, -0.1) is 0 Å². The van der Waals surface area contributed by atoms with Gasteiger partial charge in [-0.2, -0.15) is 0 Å². The number of hydrogen-bond acceptors (Lipinski definition) is 4. The highest BCUT2D eigenvalue weighted by Gasteiger charge is 2.22. The lowest BCUT2D eigenvalue weighted by Crippen LogP contribution is -2.25. The average Bonchev–Trinajstić information content (AvgIpc) is 3.14. The lowest BCUT2D eigenvalue weighted by molar-refractivity contribution is -0.117. The van der Waals surface area contributed by atoms with E-state index < -0.39 is 5.91 Å². The fourth-order valence-electron chi connectivity index (χ4n) is 3.63. The summed E-state index contributed by atoms with van der Waals surface area (Å²) in [6.45, 7) is 5.06. The molecule has 2 amide bonds. The molecule has 7 heteroatoms. The van der Waals surface area contributed by atoms with Crippen LogP contribution in [0.1, 0.15) is 35.8 Å². The molecule has 3 heterocycles. The number of aryl methyl sites for hydroxylation is 2. The molecule has 1 aromatic carbocycles. The van der Waals surface area contributed by atoms with E-state index in [0.717, 1.165) is 17.8 Å². The van der Waals surface area contributed by atoms with E-state index in [1.165, 1.54) is 0 Å². The second-order valence-electron chi connectivity index (χ2n) is 7.14. The SMILES string of the molecule is CCn1cc(C(=O)Nc2cccc(N3CCCC3=O)c2)c(=O)c2ccc(C)nc21. The van der Waals surface area contributed by atoms with Gasteiger partial charge in [-0.3, -0.25) is 14.4 Å². The van der Waals surface area contributed by atoms with E-state index in [2.05, 4.69) is 10.3 Å². The van der Waals surface area contributed by atoms with Crippen LogP contribution in [0, 0.1) is 6.92 Å². The maximum atomic E-state index is 12.9. The van der Waals surface area contributed by atoms with E-state index >= 15 is 0 Å². The highest BCUT2D eigenvalue weighted by molar-refractivity contribution is 6.06. The molecule has 2 aromatic heterocycles. The zero-order valence-corrected chi connectivity index (χ0v) is 16.4. The molecular weight excluding hydrogens is 368 g/mol. The van der Waals surface area contributed by atoms with Crippen LogP contribution < -0.4 is 15.6 Å². The Bertz CT molecular complexity index is 1180. The van der Waals surface area contributed by atoms with E-state index in [4.69, 9.17) is 0 Å². The van der Waals surface area contributed by atoms with Crippen LogP contribution in [0.15, 0.2) is 47.4 Å². The van der Waals surface area contributed by atoms with Crippen LogP contribution in [0.5, 0.6) is 0 Å². The monoisotopic (exact) mass is 390 g/mol. The third kappa shape index (κ3) is 3.51. The number of carbonyl (C=O) groups excluding carboxylic acids is 2. The minimum Gasteiger partial charge on any atom is -0.332 e. The molecule has 0 aliphatic carbocycles. The number of anilines is 2. The van der Waals surface area contributed by atoms with Crippen molar-refractivity contribution in [3.05, 3.63) is 64.1 Å². The van der Waals surface area contributed by atoms with E-state index in [0.29, 0.717) is 36.2 Å². The van der Waals surface area contributed by atoms with Crippen LogP contribution in [-0.2, 0) is 11.3 Å². The number of nitrogens with one attached hydrogen (secondary N) is 1. The molecule has 1 N–H and O–H groups in total. The van der Waals surface area contributed by atoms with E-state index in [9.17, 15) is 14.4 Å². The summed E-state index contributed by atoms with van der Waals surface area (Å²) in [6, 6.07) is 10.6. The molecule has 0 unspecified atom stereocenters. The molecule has 0 radical (unpaired) electrons. The Labute approximate surface area is 168 Å². The van der Waals surface area contributed by atoms with Crippen molar-refractivity contribution in [1.29, 1.82) is 0 Å². The fourth-order valence-corrected chi connectivity index (χ4v) is 3.63. The van der Waals surface area contributed by atoms with E-state index in [-0.39, 0.29) is 16.9 Å². The number of carbonyl (C=O) groups is 2. The molecule has 1 saturated heterocycles. The summed E-state index contributed by atoms with van der Waals surface area (Å²) in [4.78, 5) is 43.9. The molecule has 0 atom stereocenters. The van der Waals surface area contributed by atoms with Crippen molar-refractivity contribution in [3.63, 3.8) is 0 Å². The topological polar surface area (TPSA) is 84.3 Å². The van der Waals surface area contributed by atoms with Crippen molar-refractivity contribution < 1.29 is 9.59 Å². The predicted molar refractivity (Wildman–Crippen MR) is 112 cm³/mol. The smallest absolute Gasteiger partial charge is 0.261 e. The Balaban J connectivity index is 1.68. The first-order valence-corrected chi connectivity index (χ1v) is 9.70. The van der Waals surface area contributed by atoms with E-state index in [1.807, 2.05) is 19.9 Å². The van der Waals surface area contributed by atoms with Gasteiger partial charge in [-0.25, -0.2) is 4.98 Å². The van der Waals surface area contributed by atoms with Crippen molar-refractivity contribution in [1.82, 2.24) is 9.55 Å².